The average molecular weight is 492 g/mol. The van der Waals surface area contributed by atoms with Crippen LogP contribution in [0, 0.1) is 0 Å². The van der Waals surface area contributed by atoms with E-state index in [2.05, 4.69) is 17.6 Å². The summed E-state index contributed by atoms with van der Waals surface area (Å²) in [5.41, 5.74) is 3.50. The van der Waals surface area contributed by atoms with Gasteiger partial charge < -0.3 is 20.1 Å². The first-order chi connectivity index (χ1) is 17.4. The lowest BCUT2D eigenvalue weighted by atomic mass is 10.0. The molecule has 1 unspecified atom stereocenters. The maximum Gasteiger partial charge on any atom is 0.303 e. The molecule has 3 N–H and O–H groups in total. The third-order valence-electron chi connectivity index (χ3n) is 6.31. The van der Waals surface area contributed by atoms with Crippen LogP contribution in [0.3, 0.4) is 0 Å². The summed E-state index contributed by atoms with van der Waals surface area (Å²) >= 11 is 0. The molecule has 2 heterocycles. The molecule has 1 aromatic carbocycles. The number of carboxylic acid groups (broad SMARTS) is 1. The number of nitrogens with zero attached hydrogens (tertiary/aromatic N) is 1. The van der Waals surface area contributed by atoms with Crippen molar-refractivity contribution in [2.75, 3.05) is 11.9 Å². The summed E-state index contributed by atoms with van der Waals surface area (Å²) in [5, 5.41) is 15.1. The summed E-state index contributed by atoms with van der Waals surface area (Å²) in [7, 11) is 0. The van der Waals surface area contributed by atoms with Crippen LogP contribution in [0.25, 0.3) is 5.52 Å². The SMILES string of the molecule is CCCCCCCNC(=O)C(C)Nc1cccc(C(=O)c2cc(CCCC(=O)O)n3ccccc23)c1. The molecule has 0 aliphatic carbocycles. The summed E-state index contributed by atoms with van der Waals surface area (Å²) in [6, 6.07) is 14.3. The summed E-state index contributed by atoms with van der Waals surface area (Å²) in [4.78, 5) is 36.8. The zero-order chi connectivity index (χ0) is 25.9. The van der Waals surface area contributed by atoms with E-state index in [0.717, 1.165) is 24.1 Å². The van der Waals surface area contributed by atoms with Crippen molar-refractivity contribution in [1.29, 1.82) is 0 Å². The zero-order valence-electron chi connectivity index (χ0n) is 21.3. The maximum absolute atomic E-state index is 13.5. The zero-order valence-corrected chi connectivity index (χ0v) is 21.3. The van der Waals surface area contributed by atoms with Crippen molar-refractivity contribution < 1.29 is 19.5 Å². The molecule has 0 bridgehead atoms. The number of carboxylic acids is 1. The predicted molar refractivity (Wildman–Crippen MR) is 143 cm³/mol. The second-order valence-electron chi connectivity index (χ2n) is 9.23. The van der Waals surface area contributed by atoms with Gasteiger partial charge in [0.2, 0.25) is 5.91 Å². The first-order valence-electron chi connectivity index (χ1n) is 12.9. The van der Waals surface area contributed by atoms with E-state index in [4.69, 9.17) is 5.11 Å². The van der Waals surface area contributed by atoms with E-state index in [0.29, 0.717) is 36.2 Å². The van der Waals surface area contributed by atoms with Crippen LogP contribution >= 0.6 is 0 Å². The van der Waals surface area contributed by atoms with Gasteiger partial charge in [0, 0.05) is 41.7 Å². The molecule has 0 aliphatic rings. The van der Waals surface area contributed by atoms with Gasteiger partial charge in [-0.1, -0.05) is 50.8 Å². The number of fused-ring (bicyclic) bond motifs is 1. The number of hydrogen-bond donors (Lipinski definition) is 3. The van der Waals surface area contributed by atoms with Crippen molar-refractivity contribution in [3.05, 3.63) is 71.5 Å². The van der Waals surface area contributed by atoms with Crippen LogP contribution in [0.5, 0.6) is 0 Å². The number of carbonyl (C=O) groups is 3. The molecular formula is C29H37N3O4. The van der Waals surface area contributed by atoms with E-state index in [1.54, 1.807) is 18.2 Å². The molecule has 3 aromatic rings. The minimum atomic E-state index is -0.827. The molecule has 0 saturated heterocycles. The molecule has 2 aromatic heterocycles. The summed E-state index contributed by atoms with van der Waals surface area (Å²) in [5.74, 6) is -1.01. The Bertz CT molecular complexity index is 1180. The van der Waals surface area contributed by atoms with E-state index in [9.17, 15) is 14.4 Å². The third kappa shape index (κ3) is 7.44. The second-order valence-corrected chi connectivity index (χ2v) is 9.23. The van der Waals surface area contributed by atoms with Gasteiger partial charge in [0.25, 0.3) is 0 Å². The monoisotopic (exact) mass is 491 g/mol. The lowest BCUT2D eigenvalue weighted by Crippen LogP contribution is -2.38. The number of anilines is 1. The van der Waals surface area contributed by atoms with Gasteiger partial charge in [-0.2, -0.15) is 0 Å². The summed E-state index contributed by atoms with van der Waals surface area (Å²) in [6.45, 7) is 4.66. The van der Waals surface area contributed by atoms with Gasteiger partial charge in [0.15, 0.2) is 5.78 Å². The molecule has 7 heteroatoms. The quantitative estimate of drug-likeness (QED) is 0.193. The first kappa shape index (κ1) is 27.0. The molecule has 192 valence electrons. The summed E-state index contributed by atoms with van der Waals surface area (Å²) in [6.07, 6.45) is 8.77. The van der Waals surface area contributed by atoms with Crippen LogP contribution in [-0.2, 0) is 16.0 Å². The van der Waals surface area contributed by atoms with Crippen molar-refractivity contribution in [3.63, 3.8) is 0 Å². The molecule has 7 nitrogen and oxygen atoms in total. The van der Waals surface area contributed by atoms with Gasteiger partial charge in [0.05, 0.1) is 5.52 Å². The number of aliphatic carboxylic acids is 1. The Morgan fingerprint density at radius 1 is 0.972 bits per heavy atom. The fourth-order valence-corrected chi connectivity index (χ4v) is 4.33. The number of unbranched alkanes of at least 4 members (excludes halogenated alkanes) is 4. The number of nitrogens with one attached hydrogen (secondary N) is 2. The number of rotatable bonds is 15. The number of carbonyl (C=O) groups excluding carboxylic acids is 2. The first-order valence-corrected chi connectivity index (χ1v) is 12.9. The highest BCUT2D eigenvalue weighted by atomic mass is 16.4. The highest BCUT2D eigenvalue weighted by Gasteiger charge is 2.18. The largest absolute Gasteiger partial charge is 0.481 e. The van der Waals surface area contributed by atoms with Crippen LogP contribution in [0.2, 0.25) is 0 Å². The van der Waals surface area contributed by atoms with Crippen LogP contribution in [0.4, 0.5) is 5.69 Å². The Kier molecular flexibility index (Phi) is 10.1. The standard InChI is InChI=1S/C29H37N3O4/c1-3-4-5-6-8-17-30-29(36)21(2)31-23-13-10-12-22(19-23)28(35)25-20-24(14-11-16-27(33)34)32-18-9-7-15-26(25)32/h7,9-10,12-13,15,18-21,31H,3-6,8,11,14,16-17H2,1-2H3,(H,30,36)(H,33,34). The smallest absolute Gasteiger partial charge is 0.303 e. The molecule has 1 amide bonds. The van der Waals surface area contributed by atoms with Gasteiger partial charge >= 0.3 is 5.97 Å². The van der Waals surface area contributed by atoms with Gasteiger partial charge in [-0.3, -0.25) is 14.4 Å². The fraction of sp³-hybridized carbons (Fsp3) is 0.414. The highest BCUT2D eigenvalue weighted by molar-refractivity contribution is 6.13. The molecule has 0 spiro atoms. The number of amides is 1. The molecule has 0 saturated carbocycles. The van der Waals surface area contributed by atoms with Crippen molar-refractivity contribution in [3.8, 4) is 0 Å². The van der Waals surface area contributed by atoms with Crippen molar-refractivity contribution >= 4 is 28.9 Å². The Morgan fingerprint density at radius 3 is 2.56 bits per heavy atom. The van der Waals surface area contributed by atoms with Crippen molar-refractivity contribution in [2.24, 2.45) is 0 Å². The molecule has 0 fully saturated rings. The molecule has 3 rings (SSSR count). The number of benzene rings is 1. The average Bonchev–Trinajstić information content (AvgIpc) is 3.24. The number of hydrogen-bond acceptors (Lipinski definition) is 4. The minimum absolute atomic E-state index is 0.0633. The Labute approximate surface area is 212 Å². The van der Waals surface area contributed by atoms with E-state index < -0.39 is 12.0 Å². The number of aromatic nitrogens is 1. The van der Waals surface area contributed by atoms with E-state index in [1.165, 1.54) is 19.3 Å². The molecule has 0 radical (unpaired) electrons. The summed E-state index contributed by atoms with van der Waals surface area (Å²) < 4.78 is 1.95. The van der Waals surface area contributed by atoms with Crippen LogP contribution in [0.15, 0.2) is 54.7 Å². The van der Waals surface area contributed by atoms with Crippen LogP contribution in [0.1, 0.15) is 80.4 Å². The lowest BCUT2D eigenvalue weighted by molar-refractivity contribution is -0.137. The van der Waals surface area contributed by atoms with E-state index >= 15 is 0 Å². The fourth-order valence-electron chi connectivity index (χ4n) is 4.33. The Balaban J connectivity index is 1.67. The lowest BCUT2D eigenvalue weighted by Gasteiger charge is -2.16. The molecular weight excluding hydrogens is 454 g/mol. The van der Waals surface area contributed by atoms with Crippen molar-refractivity contribution in [1.82, 2.24) is 9.72 Å². The molecule has 1 atom stereocenters. The molecule has 0 aliphatic heterocycles. The predicted octanol–water partition coefficient (Wildman–Crippen LogP) is 5.46. The third-order valence-corrected chi connectivity index (χ3v) is 6.31. The van der Waals surface area contributed by atoms with Gasteiger partial charge in [-0.15, -0.1) is 0 Å². The van der Waals surface area contributed by atoms with E-state index in [-0.39, 0.29) is 18.1 Å². The van der Waals surface area contributed by atoms with Crippen LogP contribution in [-0.4, -0.2) is 39.8 Å². The number of pyridine rings is 1. The normalized spacial score (nSPS) is 11.8. The van der Waals surface area contributed by atoms with Gasteiger partial charge in [-0.25, -0.2) is 0 Å². The Hall–Kier alpha value is -3.61. The van der Waals surface area contributed by atoms with E-state index in [1.807, 2.05) is 47.9 Å². The second kappa shape index (κ2) is 13.5. The van der Waals surface area contributed by atoms with Crippen LogP contribution < -0.4 is 10.6 Å². The minimum Gasteiger partial charge on any atom is -0.481 e. The molecule has 36 heavy (non-hydrogen) atoms. The van der Waals surface area contributed by atoms with Gasteiger partial charge in [0.1, 0.15) is 6.04 Å². The number of aryl methyl sites for hydroxylation is 1. The highest BCUT2D eigenvalue weighted by Crippen LogP contribution is 2.23. The maximum atomic E-state index is 13.5. The Morgan fingerprint density at radius 2 is 1.78 bits per heavy atom. The van der Waals surface area contributed by atoms with Gasteiger partial charge in [-0.05, 0) is 56.5 Å². The number of ketones is 1. The van der Waals surface area contributed by atoms with Crippen molar-refractivity contribution in [2.45, 2.75) is 71.3 Å². The topological polar surface area (TPSA) is 99.9 Å².